The fourth-order valence-corrected chi connectivity index (χ4v) is 3.12. The number of hydrogen-bond acceptors (Lipinski definition) is 5. The van der Waals surface area contributed by atoms with Gasteiger partial charge in [0.05, 0.1) is 39.6 Å². The standard InChI is InChI=1S/C27H30O5/c1-28-21-32-27(20-31-16-15-30-19-23-7-4-3-5-8-23)10-6-9-22-11-12-25-18-26(29-2)14-13-24(25)17-22/h3-5,7-8,11-14,17-18,27H,10,15-16,19-21H2,1-2H3/t27-/m0/s1. The van der Waals surface area contributed by atoms with Crippen molar-refractivity contribution in [2.24, 2.45) is 0 Å². The van der Waals surface area contributed by atoms with Crippen LogP contribution in [0.25, 0.3) is 10.8 Å². The van der Waals surface area contributed by atoms with Gasteiger partial charge in [-0.15, -0.1) is 0 Å². The molecular weight excluding hydrogens is 404 g/mol. The molecule has 3 rings (SSSR count). The molecule has 0 saturated carbocycles. The lowest BCUT2D eigenvalue weighted by Crippen LogP contribution is -2.22. The first-order chi connectivity index (χ1) is 15.8. The Bertz CT molecular complexity index is 1010. The normalized spacial score (nSPS) is 11.7. The quantitative estimate of drug-likeness (QED) is 0.233. The molecule has 32 heavy (non-hydrogen) atoms. The van der Waals surface area contributed by atoms with Crippen LogP contribution in [-0.4, -0.2) is 46.9 Å². The van der Waals surface area contributed by atoms with Gasteiger partial charge in [0.25, 0.3) is 0 Å². The average Bonchev–Trinajstić information content (AvgIpc) is 2.84. The van der Waals surface area contributed by atoms with Crippen molar-refractivity contribution in [3.8, 4) is 17.6 Å². The van der Waals surface area contributed by atoms with E-state index in [-0.39, 0.29) is 12.9 Å². The first kappa shape index (κ1) is 23.8. The van der Waals surface area contributed by atoms with Crippen LogP contribution >= 0.6 is 0 Å². The van der Waals surface area contributed by atoms with Crippen LogP contribution < -0.4 is 4.74 Å². The zero-order chi connectivity index (χ0) is 22.4. The second kappa shape index (κ2) is 13.5. The molecule has 0 saturated heterocycles. The summed E-state index contributed by atoms with van der Waals surface area (Å²) in [5, 5.41) is 2.25. The fourth-order valence-electron chi connectivity index (χ4n) is 3.12. The lowest BCUT2D eigenvalue weighted by molar-refractivity contribution is -0.0983. The molecule has 0 bridgehead atoms. The maximum atomic E-state index is 5.73. The van der Waals surface area contributed by atoms with E-state index in [0.29, 0.717) is 32.8 Å². The topological polar surface area (TPSA) is 46.2 Å². The SMILES string of the molecule is COCO[C@@H](CC#Cc1ccc2cc(OC)ccc2c1)COCCOCc1ccccc1. The average molecular weight is 435 g/mol. The predicted octanol–water partition coefficient (Wildman–Crippen LogP) is 4.81. The fraction of sp³-hybridized carbons (Fsp3) is 0.333. The molecule has 1 atom stereocenters. The molecule has 168 valence electrons. The van der Waals surface area contributed by atoms with Gasteiger partial charge in [0.15, 0.2) is 0 Å². The van der Waals surface area contributed by atoms with E-state index in [1.165, 1.54) is 0 Å². The Morgan fingerprint density at radius 3 is 2.44 bits per heavy atom. The van der Waals surface area contributed by atoms with Gasteiger partial charge in [0.1, 0.15) is 12.5 Å². The van der Waals surface area contributed by atoms with E-state index in [0.717, 1.165) is 27.6 Å². The van der Waals surface area contributed by atoms with Crippen LogP contribution in [0.2, 0.25) is 0 Å². The van der Waals surface area contributed by atoms with Gasteiger partial charge in [0, 0.05) is 19.1 Å². The second-order valence-corrected chi connectivity index (χ2v) is 7.24. The molecule has 0 heterocycles. The van der Waals surface area contributed by atoms with Gasteiger partial charge in [0.2, 0.25) is 0 Å². The molecule has 0 radical (unpaired) electrons. The van der Waals surface area contributed by atoms with Crippen LogP contribution in [0.4, 0.5) is 0 Å². The lowest BCUT2D eigenvalue weighted by atomic mass is 10.1. The number of fused-ring (bicyclic) bond motifs is 1. The van der Waals surface area contributed by atoms with Gasteiger partial charge in [-0.1, -0.05) is 54.3 Å². The maximum absolute atomic E-state index is 5.73. The number of ether oxygens (including phenoxy) is 5. The molecule has 5 heteroatoms. The van der Waals surface area contributed by atoms with Gasteiger partial charge >= 0.3 is 0 Å². The highest BCUT2D eigenvalue weighted by Crippen LogP contribution is 2.21. The Morgan fingerprint density at radius 2 is 1.62 bits per heavy atom. The minimum Gasteiger partial charge on any atom is -0.497 e. The summed E-state index contributed by atoms with van der Waals surface area (Å²) in [4.78, 5) is 0. The Hall–Kier alpha value is -2.88. The minimum absolute atomic E-state index is 0.165. The molecule has 0 aliphatic heterocycles. The summed E-state index contributed by atoms with van der Waals surface area (Å²) in [5.74, 6) is 7.27. The molecule has 3 aromatic rings. The molecule has 5 nitrogen and oxygen atoms in total. The van der Waals surface area contributed by atoms with E-state index in [4.69, 9.17) is 23.7 Å². The van der Waals surface area contributed by atoms with Crippen LogP contribution in [0.3, 0.4) is 0 Å². The molecule has 0 aliphatic rings. The van der Waals surface area contributed by atoms with Crippen molar-refractivity contribution in [3.63, 3.8) is 0 Å². The molecule has 3 aromatic carbocycles. The molecule has 0 aliphatic carbocycles. The molecule has 0 spiro atoms. The Labute approximate surface area is 190 Å². The van der Waals surface area contributed by atoms with Gasteiger partial charge in [-0.25, -0.2) is 0 Å². The van der Waals surface area contributed by atoms with Crippen molar-refractivity contribution in [2.75, 3.05) is 40.8 Å². The Kier molecular flexibility index (Phi) is 10.0. The summed E-state index contributed by atoms with van der Waals surface area (Å²) < 4.78 is 27.4. The minimum atomic E-state index is -0.165. The summed E-state index contributed by atoms with van der Waals surface area (Å²) >= 11 is 0. The zero-order valence-electron chi connectivity index (χ0n) is 18.7. The predicted molar refractivity (Wildman–Crippen MR) is 126 cm³/mol. The molecule has 0 amide bonds. The van der Waals surface area contributed by atoms with Crippen LogP contribution in [-0.2, 0) is 25.6 Å². The van der Waals surface area contributed by atoms with Gasteiger partial charge in [-0.3, -0.25) is 0 Å². The van der Waals surface area contributed by atoms with Crippen molar-refractivity contribution < 1.29 is 23.7 Å². The van der Waals surface area contributed by atoms with E-state index in [2.05, 4.69) is 24.0 Å². The van der Waals surface area contributed by atoms with E-state index >= 15 is 0 Å². The largest absolute Gasteiger partial charge is 0.497 e. The van der Waals surface area contributed by atoms with E-state index in [9.17, 15) is 0 Å². The van der Waals surface area contributed by atoms with E-state index < -0.39 is 0 Å². The van der Waals surface area contributed by atoms with Gasteiger partial charge in [-0.05, 0) is 40.6 Å². The monoisotopic (exact) mass is 434 g/mol. The van der Waals surface area contributed by atoms with Crippen LogP contribution in [0.1, 0.15) is 17.5 Å². The zero-order valence-corrected chi connectivity index (χ0v) is 18.7. The summed E-state index contributed by atoms with van der Waals surface area (Å²) in [5.41, 5.74) is 2.11. The third-order valence-electron chi connectivity index (χ3n) is 4.82. The summed E-state index contributed by atoms with van der Waals surface area (Å²) in [6.45, 7) is 2.25. The highest BCUT2D eigenvalue weighted by Gasteiger charge is 2.08. The van der Waals surface area contributed by atoms with Crippen LogP contribution in [0, 0.1) is 11.8 Å². The molecule has 0 aromatic heterocycles. The third kappa shape index (κ3) is 7.99. The Balaban J connectivity index is 1.45. The summed E-state index contributed by atoms with van der Waals surface area (Å²) in [6, 6.07) is 22.2. The number of hydrogen-bond donors (Lipinski definition) is 0. The highest BCUT2D eigenvalue weighted by atomic mass is 16.7. The first-order valence-corrected chi connectivity index (χ1v) is 10.6. The van der Waals surface area contributed by atoms with Gasteiger partial charge < -0.3 is 23.7 Å². The second-order valence-electron chi connectivity index (χ2n) is 7.24. The number of methoxy groups -OCH3 is 2. The lowest BCUT2D eigenvalue weighted by Gasteiger charge is -2.15. The van der Waals surface area contributed by atoms with Crippen molar-refractivity contribution in [2.45, 2.75) is 19.1 Å². The van der Waals surface area contributed by atoms with E-state index in [1.54, 1.807) is 14.2 Å². The molecule has 0 fully saturated rings. The van der Waals surface area contributed by atoms with Crippen molar-refractivity contribution in [1.29, 1.82) is 0 Å². The number of rotatable bonds is 12. The summed E-state index contributed by atoms with van der Waals surface area (Å²) in [7, 11) is 3.27. The van der Waals surface area contributed by atoms with E-state index in [1.807, 2.05) is 54.6 Å². The van der Waals surface area contributed by atoms with Crippen LogP contribution in [0.5, 0.6) is 5.75 Å². The van der Waals surface area contributed by atoms with Gasteiger partial charge in [-0.2, -0.15) is 0 Å². The third-order valence-corrected chi connectivity index (χ3v) is 4.82. The Morgan fingerprint density at radius 1 is 0.844 bits per heavy atom. The summed E-state index contributed by atoms with van der Waals surface area (Å²) in [6.07, 6.45) is 0.385. The van der Waals surface area contributed by atoms with Crippen molar-refractivity contribution >= 4 is 10.8 Å². The van der Waals surface area contributed by atoms with Crippen molar-refractivity contribution in [3.05, 3.63) is 77.9 Å². The maximum Gasteiger partial charge on any atom is 0.146 e. The molecular formula is C27H30O5. The highest BCUT2D eigenvalue weighted by molar-refractivity contribution is 5.85. The van der Waals surface area contributed by atoms with Crippen LogP contribution in [0.15, 0.2) is 66.7 Å². The molecule has 0 unspecified atom stereocenters. The van der Waals surface area contributed by atoms with Crippen molar-refractivity contribution in [1.82, 2.24) is 0 Å². The smallest absolute Gasteiger partial charge is 0.146 e. The number of benzene rings is 3. The molecule has 0 N–H and O–H groups in total. The first-order valence-electron chi connectivity index (χ1n) is 10.6.